The van der Waals surface area contributed by atoms with Crippen LogP contribution in [-0.2, 0) is 5.41 Å². The van der Waals surface area contributed by atoms with Crippen LogP contribution in [0.5, 0.6) is 0 Å². The van der Waals surface area contributed by atoms with E-state index in [-0.39, 0.29) is 0 Å². The molecule has 2 heterocycles. The molecule has 2 aromatic heterocycles. The molecule has 0 saturated carbocycles. The fourth-order valence-corrected chi connectivity index (χ4v) is 10.6. The van der Waals surface area contributed by atoms with Crippen molar-refractivity contribution in [3.05, 3.63) is 247 Å². The van der Waals surface area contributed by atoms with Crippen molar-refractivity contribution in [1.82, 2.24) is 14.5 Å². The third-order valence-electron chi connectivity index (χ3n) is 13.2. The molecule has 3 nitrogen and oxygen atoms in total. The number of fused-ring (bicyclic) bond motifs is 13. The number of hydrogen-bond donors (Lipinski definition) is 0. The Morgan fingerprint density at radius 1 is 0.306 bits per heavy atom. The lowest BCUT2D eigenvalue weighted by molar-refractivity contribution is 0.794. The van der Waals surface area contributed by atoms with Gasteiger partial charge in [0, 0.05) is 33.2 Å². The van der Waals surface area contributed by atoms with Crippen molar-refractivity contribution in [3.63, 3.8) is 0 Å². The van der Waals surface area contributed by atoms with Gasteiger partial charge in [0.25, 0.3) is 0 Å². The standard InChI is InChI=1S/C59H37N3/c1-4-17-38(18-5-1)54-37-55(61-58(60-54)39-19-6-2-7-20-39)42-22-16-21-40(33-42)41-31-32-46-44-25-10-13-28-50(44)59(52(46)34-41)51-29-14-11-26-45(51)48-35-49-47-27-12-15-30-56(47)62(57(49)36-53(48)59)43-23-8-3-9-24-43/h1-37H. The van der Waals surface area contributed by atoms with Crippen LogP contribution in [0.3, 0.4) is 0 Å². The van der Waals surface area contributed by atoms with Crippen molar-refractivity contribution < 1.29 is 0 Å². The third kappa shape index (κ3) is 5.00. The van der Waals surface area contributed by atoms with Crippen LogP contribution in [0.15, 0.2) is 224 Å². The van der Waals surface area contributed by atoms with E-state index in [9.17, 15) is 0 Å². The Morgan fingerprint density at radius 3 is 1.61 bits per heavy atom. The zero-order chi connectivity index (χ0) is 40.8. The number of nitrogens with zero attached hydrogens (tertiary/aromatic N) is 3. The Balaban J connectivity index is 1.03. The molecule has 13 rings (SSSR count). The Hall–Kier alpha value is -8.14. The molecule has 9 aromatic carbocycles. The van der Waals surface area contributed by atoms with E-state index >= 15 is 0 Å². The molecule has 3 heteroatoms. The lowest BCUT2D eigenvalue weighted by Crippen LogP contribution is -2.26. The summed E-state index contributed by atoms with van der Waals surface area (Å²) in [5, 5.41) is 2.53. The Bertz CT molecular complexity index is 3510. The van der Waals surface area contributed by atoms with Gasteiger partial charge in [-0.05, 0) is 104 Å². The summed E-state index contributed by atoms with van der Waals surface area (Å²) in [6.45, 7) is 0. The van der Waals surface area contributed by atoms with Crippen LogP contribution in [0.1, 0.15) is 22.3 Å². The summed E-state index contributed by atoms with van der Waals surface area (Å²) in [6.07, 6.45) is 0. The number of para-hydroxylation sites is 2. The first-order valence-corrected chi connectivity index (χ1v) is 21.3. The van der Waals surface area contributed by atoms with Gasteiger partial charge in [0.2, 0.25) is 0 Å². The van der Waals surface area contributed by atoms with E-state index in [0.29, 0.717) is 5.82 Å². The predicted octanol–water partition coefficient (Wildman–Crippen LogP) is 14.6. The monoisotopic (exact) mass is 787 g/mol. The Morgan fingerprint density at radius 2 is 0.855 bits per heavy atom. The van der Waals surface area contributed by atoms with Crippen molar-refractivity contribution in [3.8, 4) is 73.0 Å². The van der Waals surface area contributed by atoms with Crippen LogP contribution in [0.25, 0.3) is 94.8 Å². The molecule has 0 saturated heterocycles. The molecule has 2 aliphatic rings. The van der Waals surface area contributed by atoms with E-state index in [1.807, 2.05) is 24.3 Å². The molecule has 288 valence electrons. The summed E-state index contributed by atoms with van der Waals surface area (Å²) in [6, 6.07) is 81.6. The number of hydrogen-bond acceptors (Lipinski definition) is 2. The molecule has 1 spiro atoms. The second-order valence-electron chi connectivity index (χ2n) is 16.5. The van der Waals surface area contributed by atoms with E-state index < -0.39 is 5.41 Å². The van der Waals surface area contributed by atoms with Gasteiger partial charge in [-0.2, -0.15) is 0 Å². The Kier molecular flexibility index (Phi) is 7.52. The van der Waals surface area contributed by atoms with Crippen LogP contribution in [0, 0.1) is 0 Å². The second-order valence-corrected chi connectivity index (χ2v) is 16.5. The predicted molar refractivity (Wildman–Crippen MR) is 254 cm³/mol. The van der Waals surface area contributed by atoms with E-state index in [1.165, 1.54) is 71.9 Å². The van der Waals surface area contributed by atoms with Crippen molar-refractivity contribution in [2.75, 3.05) is 0 Å². The molecule has 0 aliphatic heterocycles. The highest BCUT2D eigenvalue weighted by Crippen LogP contribution is 2.64. The van der Waals surface area contributed by atoms with Crippen molar-refractivity contribution in [2.24, 2.45) is 0 Å². The quantitative estimate of drug-likeness (QED) is 0.174. The fourth-order valence-electron chi connectivity index (χ4n) is 10.6. The summed E-state index contributed by atoms with van der Waals surface area (Å²) in [5.41, 5.74) is 20.7. The normalized spacial score (nSPS) is 14.5. The van der Waals surface area contributed by atoms with Gasteiger partial charge in [0.15, 0.2) is 5.82 Å². The van der Waals surface area contributed by atoms with Crippen molar-refractivity contribution >= 4 is 21.8 Å². The Labute approximate surface area is 359 Å². The van der Waals surface area contributed by atoms with E-state index in [1.54, 1.807) is 0 Å². The maximum atomic E-state index is 5.18. The molecule has 62 heavy (non-hydrogen) atoms. The average molecular weight is 788 g/mol. The highest BCUT2D eigenvalue weighted by atomic mass is 15.0. The first kappa shape index (κ1) is 34.7. The van der Waals surface area contributed by atoms with Gasteiger partial charge < -0.3 is 4.57 Å². The van der Waals surface area contributed by atoms with E-state index in [0.717, 1.165) is 39.3 Å². The second kappa shape index (κ2) is 13.4. The molecule has 2 aliphatic carbocycles. The van der Waals surface area contributed by atoms with Gasteiger partial charge in [0.1, 0.15) is 0 Å². The molecular weight excluding hydrogens is 751 g/mol. The SMILES string of the molecule is c1ccc(-c2cc(-c3cccc(-c4ccc5c(c4)C4(c6ccccc6-5)c5ccccc5-c5cc6c7ccccc7n(-c7ccccc7)c6cc54)c3)nc(-c3ccccc3)n2)cc1. The number of aromatic nitrogens is 3. The van der Waals surface area contributed by atoms with Gasteiger partial charge in [0.05, 0.1) is 27.8 Å². The smallest absolute Gasteiger partial charge is 0.160 e. The van der Waals surface area contributed by atoms with Crippen molar-refractivity contribution in [2.45, 2.75) is 5.41 Å². The summed E-state index contributed by atoms with van der Waals surface area (Å²) in [5.74, 6) is 0.712. The number of benzene rings is 9. The van der Waals surface area contributed by atoms with E-state index in [2.05, 4.69) is 205 Å². The summed E-state index contributed by atoms with van der Waals surface area (Å²) >= 11 is 0. The molecule has 1 atom stereocenters. The lowest BCUT2D eigenvalue weighted by atomic mass is 9.70. The molecule has 1 unspecified atom stereocenters. The molecule has 0 radical (unpaired) electrons. The molecular formula is C59H37N3. The molecule has 0 bridgehead atoms. The van der Waals surface area contributed by atoms with Gasteiger partial charge in [-0.25, -0.2) is 9.97 Å². The van der Waals surface area contributed by atoms with Gasteiger partial charge in [-0.3, -0.25) is 0 Å². The first-order valence-electron chi connectivity index (χ1n) is 21.3. The average Bonchev–Trinajstić information content (AvgIpc) is 3.95. The van der Waals surface area contributed by atoms with Crippen LogP contribution in [0.4, 0.5) is 0 Å². The minimum atomic E-state index is -0.514. The van der Waals surface area contributed by atoms with Gasteiger partial charge in [-0.1, -0.05) is 176 Å². The van der Waals surface area contributed by atoms with Crippen LogP contribution in [-0.4, -0.2) is 14.5 Å². The summed E-state index contributed by atoms with van der Waals surface area (Å²) in [7, 11) is 0. The first-order chi connectivity index (χ1) is 30.7. The molecule has 0 amide bonds. The number of rotatable bonds is 5. The van der Waals surface area contributed by atoms with Gasteiger partial charge >= 0.3 is 0 Å². The maximum absolute atomic E-state index is 5.18. The largest absolute Gasteiger partial charge is 0.309 e. The van der Waals surface area contributed by atoms with Crippen molar-refractivity contribution in [1.29, 1.82) is 0 Å². The van der Waals surface area contributed by atoms with Crippen LogP contribution in [0.2, 0.25) is 0 Å². The van der Waals surface area contributed by atoms with Crippen LogP contribution >= 0.6 is 0 Å². The fraction of sp³-hybridized carbons (Fsp3) is 0.0169. The lowest BCUT2D eigenvalue weighted by Gasteiger charge is -2.31. The maximum Gasteiger partial charge on any atom is 0.160 e. The molecule has 0 N–H and O–H groups in total. The zero-order valence-corrected chi connectivity index (χ0v) is 33.7. The molecule has 11 aromatic rings. The zero-order valence-electron chi connectivity index (χ0n) is 33.7. The van der Waals surface area contributed by atoms with Crippen LogP contribution < -0.4 is 0 Å². The molecule has 0 fully saturated rings. The third-order valence-corrected chi connectivity index (χ3v) is 13.2. The minimum absolute atomic E-state index is 0.514. The highest BCUT2D eigenvalue weighted by molar-refractivity contribution is 6.12. The van der Waals surface area contributed by atoms with E-state index in [4.69, 9.17) is 9.97 Å². The summed E-state index contributed by atoms with van der Waals surface area (Å²) < 4.78 is 2.45. The minimum Gasteiger partial charge on any atom is -0.309 e. The van der Waals surface area contributed by atoms with Gasteiger partial charge in [-0.15, -0.1) is 0 Å². The highest BCUT2D eigenvalue weighted by Gasteiger charge is 2.52. The topological polar surface area (TPSA) is 30.7 Å². The summed E-state index contributed by atoms with van der Waals surface area (Å²) in [4.78, 5) is 10.2.